The van der Waals surface area contributed by atoms with Gasteiger partial charge in [0.1, 0.15) is 4.99 Å². The normalized spacial score (nSPS) is 10.5. The van der Waals surface area contributed by atoms with Crippen LogP contribution >= 0.6 is 12.2 Å². The van der Waals surface area contributed by atoms with Gasteiger partial charge in [-0.15, -0.1) is 5.10 Å². The van der Waals surface area contributed by atoms with Crippen molar-refractivity contribution in [1.82, 2.24) is 10.2 Å². The molecular weight excluding hydrogens is 232 g/mol. The lowest BCUT2D eigenvalue weighted by Crippen LogP contribution is -2.15. The molecule has 1 aromatic rings. The first-order valence-corrected chi connectivity index (χ1v) is 6.37. The van der Waals surface area contributed by atoms with Gasteiger partial charge in [-0.2, -0.15) is 5.10 Å². The van der Waals surface area contributed by atoms with Crippen molar-refractivity contribution in [2.45, 2.75) is 33.1 Å². The van der Waals surface area contributed by atoms with E-state index in [2.05, 4.69) is 29.4 Å². The molecule has 94 valence electrons. The number of nitrogens with two attached hydrogens (primary N) is 1. The van der Waals surface area contributed by atoms with Crippen LogP contribution in [0.2, 0.25) is 0 Å². The van der Waals surface area contributed by atoms with Crippen molar-refractivity contribution < 1.29 is 0 Å². The fraction of sp³-hybridized carbons (Fsp3) is 0.583. The summed E-state index contributed by atoms with van der Waals surface area (Å²) in [5.74, 6) is 1.45. The van der Waals surface area contributed by atoms with Crippen molar-refractivity contribution in [1.29, 1.82) is 0 Å². The van der Waals surface area contributed by atoms with Gasteiger partial charge in [-0.1, -0.05) is 38.9 Å². The van der Waals surface area contributed by atoms with Gasteiger partial charge in [-0.3, -0.25) is 0 Å². The summed E-state index contributed by atoms with van der Waals surface area (Å²) in [4.78, 5) is 0.351. The molecule has 0 atom stereocenters. The third-order valence-corrected chi connectivity index (χ3v) is 2.71. The molecule has 0 aliphatic rings. The Labute approximate surface area is 108 Å². The van der Waals surface area contributed by atoms with E-state index < -0.39 is 0 Å². The van der Waals surface area contributed by atoms with Crippen LogP contribution in [0.5, 0.6) is 0 Å². The summed E-state index contributed by atoms with van der Waals surface area (Å²) < 4.78 is 0. The van der Waals surface area contributed by atoms with Crippen LogP contribution in [0.25, 0.3) is 0 Å². The zero-order valence-electron chi connectivity index (χ0n) is 10.4. The maximum Gasteiger partial charge on any atom is 0.158 e. The Morgan fingerprint density at radius 1 is 1.47 bits per heavy atom. The van der Waals surface area contributed by atoms with Crippen LogP contribution in [-0.2, 0) is 0 Å². The summed E-state index contributed by atoms with van der Waals surface area (Å²) >= 11 is 4.96. The molecule has 1 aromatic heterocycles. The first-order chi connectivity index (χ1) is 8.11. The van der Waals surface area contributed by atoms with E-state index in [0.29, 0.717) is 10.8 Å². The molecule has 3 N–H and O–H groups in total. The summed E-state index contributed by atoms with van der Waals surface area (Å²) in [6.07, 6.45) is 5.18. The summed E-state index contributed by atoms with van der Waals surface area (Å²) in [5.41, 5.74) is 6.37. The van der Waals surface area contributed by atoms with E-state index in [1.54, 1.807) is 12.3 Å². The number of nitrogens with one attached hydrogen (secondary N) is 1. The maximum atomic E-state index is 5.61. The molecule has 0 saturated heterocycles. The second-order valence-electron chi connectivity index (χ2n) is 4.47. The molecule has 0 bridgehead atoms. The van der Waals surface area contributed by atoms with Crippen molar-refractivity contribution in [3.8, 4) is 0 Å². The Hall–Kier alpha value is -1.23. The van der Waals surface area contributed by atoms with E-state index in [9.17, 15) is 0 Å². The van der Waals surface area contributed by atoms with Crippen LogP contribution in [-0.4, -0.2) is 21.7 Å². The Bertz CT molecular complexity index is 365. The van der Waals surface area contributed by atoms with Crippen LogP contribution in [0, 0.1) is 5.92 Å². The van der Waals surface area contributed by atoms with Gasteiger partial charge in [0.25, 0.3) is 0 Å². The standard InChI is InChI=1S/C12H20N4S/c1-9(2)5-3-4-7-14-12-10(11(13)17)6-8-15-16-12/h6,8-9H,3-5,7H2,1-2H3,(H2,13,17)(H,14,16). The van der Waals surface area contributed by atoms with E-state index in [1.165, 1.54) is 12.8 Å². The molecule has 0 saturated carbocycles. The SMILES string of the molecule is CC(C)CCCCNc1nnccc1C(N)=S. The number of hydrogen-bond acceptors (Lipinski definition) is 4. The smallest absolute Gasteiger partial charge is 0.158 e. The van der Waals surface area contributed by atoms with Crippen molar-refractivity contribution in [2.75, 3.05) is 11.9 Å². The van der Waals surface area contributed by atoms with Crippen molar-refractivity contribution >= 4 is 23.0 Å². The molecule has 4 nitrogen and oxygen atoms in total. The van der Waals surface area contributed by atoms with Crippen molar-refractivity contribution in [3.05, 3.63) is 17.8 Å². The van der Waals surface area contributed by atoms with Gasteiger partial charge in [-0.25, -0.2) is 0 Å². The number of hydrogen-bond donors (Lipinski definition) is 2. The van der Waals surface area contributed by atoms with Crippen molar-refractivity contribution in [3.63, 3.8) is 0 Å². The minimum absolute atomic E-state index is 0.351. The Kier molecular flexibility index (Phi) is 5.83. The molecule has 0 aliphatic carbocycles. The lowest BCUT2D eigenvalue weighted by molar-refractivity contribution is 0.544. The third-order valence-electron chi connectivity index (χ3n) is 2.49. The van der Waals surface area contributed by atoms with Crippen LogP contribution in [0.15, 0.2) is 12.3 Å². The fourth-order valence-electron chi connectivity index (χ4n) is 1.55. The topological polar surface area (TPSA) is 63.8 Å². The number of unbranched alkanes of at least 4 members (excludes halogenated alkanes) is 1. The first kappa shape index (κ1) is 13.8. The number of rotatable bonds is 7. The molecule has 0 aliphatic heterocycles. The third kappa shape index (κ3) is 5.08. The Balaban J connectivity index is 2.39. The zero-order chi connectivity index (χ0) is 12.7. The molecule has 0 spiro atoms. The zero-order valence-corrected chi connectivity index (χ0v) is 11.3. The summed E-state index contributed by atoms with van der Waals surface area (Å²) in [5, 5.41) is 11.1. The molecule has 0 aromatic carbocycles. The number of thiocarbonyl (C=S) groups is 1. The second-order valence-corrected chi connectivity index (χ2v) is 4.91. The van der Waals surface area contributed by atoms with Gasteiger partial charge in [0, 0.05) is 6.54 Å². The van der Waals surface area contributed by atoms with Crippen LogP contribution in [0.1, 0.15) is 38.7 Å². The van der Waals surface area contributed by atoms with E-state index in [0.717, 1.165) is 24.4 Å². The molecule has 1 rings (SSSR count). The van der Waals surface area contributed by atoms with E-state index in [1.807, 2.05) is 0 Å². The molecule has 1 heterocycles. The number of anilines is 1. The molecule has 5 heteroatoms. The van der Waals surface area contributed by atoms with Gasteiger partial charge < -0.3 is 11.1 Å². The Morgan fingerprint density at radius 3 is 2.88 bits per heavy atom. The average molecular weight is 252 g/mol. The summed E-state index contributed by atoms with van der Waals surface area (Å²) in [6, 6.07) is 1.78. The van der Waals surface area contributed by atoms with Crippen LogP contribution < -0.4 is 11.1 Å². The second kappa shape index (κ2) is 7.17. The lowest BCUT2D eigenvalue weighted by Gasteiger charge is -2.09. The summed E-state index contributed by atoms with van der Waals surface area (Å²) in [6.45, 7) is 5.35. The van der Waals surface area contributed by atoms with Crippen molar-refractivity contribution in [2.24, 2.45) is 11.7 Å². The molecule has 0 fully saturated rings. The monoisotopic (exact) mass is 252 g/mol. The average Bonchev–Trinajstić information content (AvgIpc) is 2.28. The van der Waals surface area contributed by atoms with Gasteiger partial charge in [0.15, 0.2) is 5.82 Å². The van der Waals surface area contributed by atoms with E-state index in [-0.39, 0.29) is 0 Å². The lowest BCUT2D eigenvalue weighted by atomic mass is 10.1. The van der Waals surface area contributed by atoms with Gasteiger partial charge in [-0.05, 0) is 18.4 Å². The molecule has 0 amide bonds. The highest BCUT2D eigenvalue weighted by Gasteiger charge is 2.05. The quantitative estimate of drug-likeness (QED) is 0.576. The largest absolute Gasteiger partial charge is 0.389 e. The number of nitrogens with zero attached hydrogens (tertiary/aromatic N) is 2. The van der Waals surface area contributed by atoms with Gasteiger partial charge in [0.05, 0.1) is 11.8 Å². The van der Waals surface area contributed by atoms with E-state index >= 15 is 0 Å². The highest BCUT2D eigenvalue weighted by molar-refractivity contribution is 7.80. The predicted octanol–water partition coefficient (Wildman–Crippen LogP) is 2.35. The van der Waals surface area contributed by atoms with Crippen LogP contribution in [0.3, 0.4) is 0 Å². The highest BCUT2D eigenvalue weighted by atomic mass is 32.1. The Morgan fingerprint density at radius 2 is 2.24 bits per heavy atom. The van der Waals surface area contributed by atoms with Crippen LogP contribution in [0.4, 0.5) is 5.82 Å². The van der Waals surface area contributed by atoms with E-state index in [4.69, 9.17) is 18.0 Å². The van der Waals surface area contributed by atoms with Gasteiger partial charge in [0.2, 0.25) is 0 Å². The minimum Gasteiger partial charge on any atom is -0.389 e. The number of aromatic nitrogens is 2. The molecular formula is C12H20N4S. The first-order valence-electron chi connectivity index (χ1n) is 5.96. The maximum absolute atomic E-state index is 5.61. The molecule has 0 unspecified atom stereocenters. The fourth-order valence-corrected chi connectivity index (χ4v) is 1.71. The summed E-state index contributed by atoms with van der Waals surface area (Å²) in [7, 11) is 0. The highest BCUT2D eigenvalue weighted by Crippen LogP contribution is 2.11. The van der Waals surface area contributed by atoms with Gasteiger partial charge >= 0.3 is 0 Å². The minimum atomic E-state index is 0.351. The predicted molar refractivity (Wildman–Crippen MR) is 75.1 cm³/mol. The molecule has 0 radical (unpaired) electrons. The molecule has 17 heavy (non-hydrogen) atoms.